The van der Waals surface area contributed by atoms with Gasteiger partial charge in [0, 0.05) is 5.92 Å². The summed E-state index contributed by atoms with van der Waals surface area (Å²) in [5.41, 5.74) is 7.78. The topological polar surface area (TPSA) is 26.0 Å². The Morgan fingerprint density at radius 1 is 1.05 bits per heavy atom. The summed E-state index contributed by atoms with van der Waals surface area (Å²) in [4.78, 5) is 0. The van der Waals surface area contributed by atoms with Crippen LogP contribution in [0.15, 0.2) is 42.5 Å². The summed E-state index contributed by atoms with van der Waals surface area (Å²) >= 11 is 12.2. The third-order valence-electron chi connectivity index (χ3n) is 3.10. The number of hydrogen-bond acceptors (Lipinski definition) is 1. The maximum absolute atomic E-state index is 12.9. The van der Waals surface area contributed by atoms with Gasteiger partial charge in [-0.3, -0.25) is 0 Å². The molecule has 19 heavy (non-hydrogen) atoms. The largest absolute Gasteiger partial charge is 0.330 e. The smallest absolute Gasteiger partial charge is 0.123 e. The minimum absolute atomic E-state index is 0.0664. The highest BCUT2D eigenvalue weighted by molar-refractivity contribution is 6.42. The van der Waals surface area contributed by atoms with Gasteiger partial charge in [-0.15, -0.1) is 0 Å². The first-order valence-corrected chi connectivity index (χ1v) is 6.76. The van der Waals surface area contributed by atoms with Gasteiger partial charge in [0.1, 0.15) is 5.82 Å². The van der Waals surface area contributed by atoms with E-state index in [1.165, 1.54) is 12.1 Å². The average molecular weight is 298 g/mol. The van der Waals surface area contributed by atoms with Crippen molar-refractivity contribution < 1.29 is 4.39 Å². The van der Waals surface area contributed by atoms with Crippen molar-refractivity contribution in [1.29, 1.82) is 0 Å². The van der Waals surface area contributed by atoms with Gasteiger partial charge in [0.05, 0.1) is 10.0 Å². The second kappa shape index (κ2) is 6.38. The fourth-order valence-corrected chi connectivity index (χ4v) is 2.52. The molecule has 0 saturated heterocycles. The standard InChI is InChI=1S/C15H14Cl2FN/c16-14-3-1-2-13(15(14)17)11(9-19)8-10-4-6-12(18)7-5-10/h1-7,11H,8-9,19H2. The molecule has 1 atom stereocenters. The van der Waals surface area contributed by atoms with Crippen molar-refractivity contribution in [2.45, 2.75) is 12.3 Å². The van der Waals surface area contributed by atoms with Crippen molar-refractivity contribution in [3.63, 3.8) is 0 Å². The van der Waals surface area contributed by atoms with Crippen LogP contribution < -0.4 is 5.73 Å². The van der Waals surface area contributed by atoms with Crippen LogP contribution in [0.3, 0.4) is 0 Å². The van der Waals surface area contributed by atoms with Crippen LogP contribution in [-0.4, -0.2) is 6.54 Å². The molecule has 2 N–H and O–H groups in total. The van der Waals surface area contributed by atoms with Gasteiger partial charge in [0.15, 0.2) is 0 Å². The maximum atomic E-state index is 12.9. The number of benzene rings is 2. The number of rotatable bonds is 4. The SMILES string of the molecule is NCC(Cc1ccc(F)cc1)c1cccc(Cl)c1Cl. The summed E-state index contributed by atoms with van der Waals surface area (Å²) in [5.74, 6) is -0.175. The van der Waals surface area contributed by atoms with Gasteiger partial charge < -0.3 is 5.73 Å². The summed E-state index contributed by atoms with van der Waals surface area (Å²) in [7, 11) is 0. The second-order valence-corrected chi connectivity index (χ2v) is 5.19. The lowest BCUT2D eigenvalue weighted by molar-refractivity contribution is 0.625. The lowest BCUT2D eigenvalue weighted by Gasteiger charge is -2.17. The quantitative estimate of drug-likeness (QED) is 0.888. The monoisotopic (exact) mass is 297 g/mol. The first-order valence-electron chi connectivity index (χ1n) is 6.00. The molecule has 4 heteroatoms. The first kappa shape index (κ1) is 14.3. The molecule has 100 valence electrons. The Kier molecular flexibility index (Phi) is 4.81. The predicted molar refractivity (Wildman–Crippen MR) is 78.4 cm³/mol. The third-order valence-corrected chi connectivity index (χ3v) is 3.93. The van der Waals surface area contributed by atoms with E-state index in [4.69, 9.17) is 28.9 Å². The van der Waals surface area contributed by atoms with E-state index in [9.17, 15) is 4.39 Å². The van der Waals surface area contributed by atoms with E-state index < -0.39 is 0 Å². The normalized spacial score (nSPS) is 12.4. The Labute approximate surface area is 122 Å². The molecule has 0 fully saturated rings. The van der Waals surface area contributed by atoms with Gasteiger partial charge in [-0.25, -0.2) is 4.39 Å². The van der Waals surface area contributed by atoms with E-state index >= 15 is 0 Å². The molecule has 0 aliphatic rings. The Balaban J connectivity index is 2.25. The van der Waals surface area contributed by atoms with Crippen molar-refractivity contribution >= 4 is 23.2 Å². The van der Waals surface area contributed by atoms with E-state index in [0.717, 1.165) is 11.1 Å². The summed E-state index contributed by atoms with van der Waals surface area (Å²) in [5, 5.41) is 1.07. The van der Waals surface area contributed by atoms with Crippen molar-refractivity contribution in [2.75, 3.05) is 6.54 Å². The molecule has 1 nitrogen and oxygen atoms in total. The molecule has 0 aromatic heterocycles. The highest BCUT2D eigenvalue weighted by atomic mass is 35.5. The molecule has 0 bridgehead atoms. The second-order valence-electron chi connectivity index (χ2n) is 4.41. The molecular weight excluding hydrogens is 284 g/mol. The van der Waals surface area contributed by atoms with Gasteiger partial charge >= 0.3 is 0 Å². The fourth-order valence-electron chi connectivity index (χ4n) is 2.06. The summed E-state index contributed by atoms with van der Waals surface area (Å²) < 4.78 is 12.9. The highest BCUT2D eigenvalue weighted by Gasteiger charge is 2.15. The Hall–Kier alpha value is -1.09. The molecule has 2 rings (SSSR count). The van der Waals surface area contributed by atoms with Gasteiger partial charge in [-0.05, 0) is 42.3 Å². The van der Waals surface area contributed by atoms with Gasteiger partial charge in [0.2, 0.25) is 0 Å². The van der Waals surface area contributed by atoms with Crippen LogP contribution in [0.25, 0.3) is 0 Å². The van der Waals surface area contributed by atoms with Crippen LogP contribution in [0.4, 0.5) is 4.39 Å². The van der Waals surface area contributed by atoms with Crippen LogP contribution in [0.5, 0.6) is 0 Å². The zero-order valence-corrected chi connectivity index (χ0v) is 11.8. The molecule has 0 radical (unpaired) electrons. The van der Waals surface area contributed by atoms with Gasteiger partial charge in [0.25, 0.3) is 0 Å². The number of nitrogens with two attached hydrogens (primary N) is 1. The van der Waals surface area contributed by atoms with E-state index in [0.29, 0.717) is 23.0 Å². The van der Waals surface area contributed by atoms with Crippen molar-refractivity contribution in [3.05, 3.63) is 69.5 Å². The van der Waals surface area contributed by atoms with Crippen molar-refractivity contribution in [3.8, 4) is 0 Å². The van der Waals surface area contributed by atoms with E-state index in [1.54, 1.807) is 18.2 Å². The van der Waals surface area contributed by atoms with Crippen LogP contribution in [0.1, 0.15) is 17.0 Å². The molecule has 2 aromatic carbocycles. The summed E-state index contributed by atoms with van der Waals surface area (Å²) in [6.07, 6.45) is 0.705. The van der Waals surface area contributed by atoms with E-state index in [2.05, 4.69) is 0 Å². The van der Waals surface area contributed by atoms with Crippen molar-refractivity contribution in [1.82, 2.24) is 0 Å². The third kappa shape index (κ3) is 3.47. The molecule has 1 unspecified atom stereocenters. The van der Waals surface area contributed by atoms with Crippen LogP contribution in [0.2, 0.25) is 10.0 Å². The van der Waals surface area contributed by atoms with Crippen LogP contribution in [0, 0.1) is 5.82 Å². The average Bonchev–Trinajstić information content (AvgIpc) is 2.42. The Bertz CT molecular complexity index is 555. The lowest BCUT2D eigenvalue weighted by Crippen LogP contribution is -2.15. The molecule has 2 aromatic rings. The summed E-state index contributed by atoms with van der Waals surface area (Å²) in [6.45, 7) is 0.456. The summed E-state index contributed by atoms with van der Waals surface area (Å²) in [6, 6.07) is 11.9. The van der Waals surface area contributed by atoms with E-state index in [1.807, 2.05) is 12.1 Å². The molecule has 0 saturated carbocycles. The number of hydrogen-bond donors (Lipinski definition) is 1. The zero-order chi connectivity index (χ0) is 13.8. The van der Waals surface area contributed by atoms with E-state index in [-0.39, 0.29) is 11.7 Å². The van der Waals surface area contributed by atoms with Gasteiger partial charge in [-0.2, -0.15) is 0 Å². The molecule has 0 aliphatic carbocycles. The first-order chi connectivity index (χ1) is 9.11. The highest BCUT2D eigenvalue weighted by Crippen LogP contribution is 2.32. The molecular formula is C15H14Cl2FN. The molecule has 0 spiro atoms. The minimum atomic E-state index is -0.242. The Morgan fingerprint density at radius 2 is 1.74 bits per heavy atom. The fraction of sp³-hybridized carbons (Fsp3) is 0.200. The van der Waals surface area contributed by atoms with Gasteiger partial charge in [-0.1, -0.05) is 47.5 Å². The van der Waals surface area contributed by atoms with Crippen LogP contribution >= 0.6 is 23.2 Å². The Morgan fingerprint density at radius 3 is 2.37 bits per heavy atom. The number of halogens is 3. The minimum Gasteiger partial charge on any atom is -0.330 e. The zero-order valence-electron chi connectivity index (χ0n) is 10.2. The lowest BCUT2D eigenvalue weighted by atomic mass is 9.92. The molecule has 0 heterocycles. The molecule has 0 aliphatic heterocycles. The maximum Gasteiger partial charge on any atom is 0.123 e. The predicted octanol–water partition coefficient (Wildman–Crippen LogP) is 4.42. The van der Waals surface area contributed by atoms with Crippen LogP contribution in [-0.2, 0) is 6.42 Å². The van der Waals surface area contributed by atoms with Crippen molar-refractivity contribution in [2.24, 2.45) is 5.73 Å². The molecule has 0 amide bonds.